The van der Waals surface area contributed by atoms with Crippen LogP contribution in [0.3, 0.4) is 0 Å². The fourth-order valence-corrected chi connectivity index (χ4v) is 3.10. The second-order valence-corrected chi connectivity index (χ2v) is 6.41. The smallest absolute Gasteiger partial charge is 0.165 e. The van der Waals surface area contributed by atoms with E-state index in [0.717, 1.165) is 53.4 Å². The van der Waals surface area contributed by atoms with Crippen molar-refractivity contribution in [2.24, 2.45) is 0 Å². The molecule has 0 fully saturated rings. The molecular formula is C20H22N6. The topological polar surface area (TPSA) is 60.0 Å². The standard InChI is InChI=1S/C20H22N6/c1-15-16(2)24-20-18(17-7-4-3-5-8-17)13-23-26(20)19(15)22-9-6-11-25-12-10-21-14-25/h3-5,7-8,10,12-14,22H,6,9,11H2,1-2H3. The van der Waals surface area contributed by atoms with E-state index in [2.05, 4.69) is 39.0 Å². The van der Waals surface area contributed by atoms with Crippen LogP contribution in [0.15, 0.2) is 55.2 Å². The maximum absolute atomic E-state index is 4.79. The van der Waals surface area contributed by atoms with Gasteiger partial charge in [-0.05, 0) is 25.8 Å². The first kappa shape index (κ1) is 16.3. The molecule has 1 aromatic carbocycles. The van der Waals surface area contributed by atoms with E-state index in [0.29, 0.717) is 0 Å². The molecule has 0 aliphatic heterocycles. The molecule has 3 heterocycles. The summed E-state index contributed by atoms with van der Waals surface area (Å²) in [6.07, 6.45) is 8.54. The van der Waals surface area contributed by atoms with E-state index >= 15 is 0 Å². The van der Waals surface area contributed by atoms with Crippen molar-refractivity contribution in [2.75, 3.05) is 11.9 Å². The number of nitrogens with zero attached hydrogens (tertiary/aromatic N) is 5. The van der Waals surface area contributed by atoms with Gasteiger partial charge in [-0.2, -0.15) is 9.61 Å². The van der Waals surface area contributed by atoms with Crippen molar-refractivity contribution in [2.45, 2.75) is 26.8 Å². The summed E-state index contributed by atoms with van der Waals surface area (Å²) < 4.78 is 4.01. The SMILES string of the molecule is Cc1nc2c(-c3ccccc3)cnn2c(NCCCn2ccnc2)c1C. The molecule has 6 heteroatoms. The molecule has 0 aliphatic rings. The van der Waals surface area contributed by atoms with Gasteiger partial charge in [-0.3, -0.25) is 0 Å². The lowest BCUT2D eigenvalue weighted by molar-refractivity contribution is 0.658. The Morgan fingerprint density at radius 2 is 1.96 bits per heavy atom. The first-order valence-electron chi connectivity index (χ1n) is 8.84. The number of benzene rings is 1. The van der Waals surface area contributed by atoms with E-state index in [1.54, 1.807) is 0 Å². The van der Waals surface area contributed by atoms with Crippen molar-refractivity contribution in [3.05, 3.63) is 66.5 Å². The first-order chi connectivity index (χ1) is 12.7. The minimum Gasteiger partial charge on any atom is -0.370 e. The highest BCUT2D eigenvalue weighted by atomic mass is 15.3. The molecule has 0 saturated heterocycles. The molecule has 0 spiro atoms. The number of rotatable bonds is 6. The summed E-state index contributed by atoms with van der Waals surface area (Å²) in [5.74, 6) is 1.01. The number of hydrogen-bond acceptors (Lipinski definition) is 4. The third kappa shape index (κ3) is 3.06. The van der Waals surface area contributed by atoms with Crippen molar-refractivity contribution >= 4 is 11.5 Å². The zero-order valence-corrected chi connectivity index (χ0v) is 15.1. The van der Waals surface area contributed by atoms with Crippen LogP contribution < -0.4 is 5.32 Å². The first-order valence-corrected chi connectivity index (χ1v) is 8.84. The van der Waals surface area contributed by atoms with E-state index in [-0.39, 0.29) is 0 Å². The largest absolute Gasteiger partial charge is 0.370 e. The van der Waals surface area contributed by atoms with E-state index in [1.165, 1.54) is 0 Å². The van der Waals surface area contributed by atoms with Crippen molar-refractivity contribution in [3.63, 3.8) is 0 Å². The van der Waals surface area contributed by atoms with Gasteiger partial charge in [-0.25, -0.2) is 9.97 Å². The van der Waals surface area contributed by atoms with Crippen LogP contribution in [0.2, 0.25) is 0 Å². The molecule has 1 N–H and O–H groups in total. The van der Waals surface area contributed by atoms with Gasteiger partial charge in [0.05, 0.1) is 12.5 Å². The summed E-state index contributed by atoms with van der Waals surface area (Å²) in [5.41, 5.74) is 5.21. The van der Waals surface area contributed by atoms with E-state index in [1.807, 2.05) is 54.6 Å². The Kier molecular flexibility index (Phi) is 4.39. The molecule has 0 radical (unpaired) electrons. The molecule has 0 saturated carbocycles. The molecule has 4 rings (SSSR count). The Morgan fingerprint density at radius 3 is 2.73 bits per heavy atom. The lowest BCUT2D eigenvalue weighted by Crippen LogP contribution is -2.12. The van der Waals surface area contributed by atoms with E-state index in [9.17, 15) is 0 Å². The van der Waals surface area contributed by atoms with Gasteiger partial charge in [0, 0.05) is 42.3 Å². The Labute approximate surface area is 152 Å². The van der Waals surface area contributed by atoms with Gasteiger partial charge in [0.1, 0.15) is 5.82 Å². The number of fused-ring (bicyclic) bond motifs is 1. The molecule has 6 nitrogen and oxygen atoms in total. The fraction of sp³-hybridized carbons (Fsp3) is 0.250. The molecule has 0 bridgehead atoms. The molecule has 0 amide bonds. The molecule has 4 aromatic rings. The number of hydrogen-bond donors (Lipinski definition) is 1. The van der Waals surface area contributed by atoms with Crippen LogP contribution in [0.1, 0.15) is 17.7 Å². The molecule has 0 aliphatic carbocycles. The predicted molar refractivity (Wildman–Crippen MR) is 103 cm³/mol. The van der Waals surface area contributed by atoms with Crippen LogP contribution in [0, 0.1) is 13.8 Å². The zero-order valence-electron chi connectivity index (χ0n) is 15.1. The van der Waals surface area contributed by atoms with Crippen LogP contribution in [0.4, 0.5) is 5.82 Å². The average Bonchev–Trinajstić information content (AvgIpc) is 3.32. The summed E-state index contributed by atoms with van der Waals surface area (Å²) in [6, 6.07) is 10.3. The van der Waals surface area contributed by atoms with Gasteiger partial charge in [0.15, 0.2) is 5.65 Å². The molecular weight excluding hydrogens is 324 g/mol. The molecule has 0 unspecified atom stereocenters. The Morgan fingerprint density at radius 1 is 1.12 bits per heavy atom. The van der Waals surface area contributed by atoms with Gasteiger partial charge in [-0.15, -0.1) is 0 Å². The Hall–Kier alpha value is -3.15. The number of imidazole rings is 1. The minimum atomic E-state index is 0.859. The maximum atomic E-state index is 4.79. The minimum absolute atomic E-state index is 0.859. The summed E-state index contributed by atoms with van der Waals surface area (Å²) in [6.45, 7) is 5.93. The lowest BCUT2D eigenvalue weighted by atomic mass is 10.1. The predicted octanol–water partition coefficient (Wildman–Crippen LogP) is 3.71. The highest BCUT2D eigenvalue weighted by Gasteiger charge is 2.14. The monoisotopic (exact) mass is 346 g/mol. The Balaban J connectivity index is 1.61. The highest BCUT2D eigenvalue weighted by Crippen LogP contribution is 2.27. The fourth-order valence-electron chi connectivity index (χ4n) is 3.10. The summed E-state index contributed by atoms with van der Waals surface area (Å²) in [5, 5.41) is 8.15. The third-order valence-electron chi connectivity index (χ3n) is 4.66. The lowest BCUT2D eigenvalue weighted by Gasteiger charge is -2.13. The number of aromatic nitrogens is 5. The van der Waals surface area contributed by atoms with Crippen molar-refractivity contribution in [3.8, 4) is 11.1 Å². The Bertz CT molecular complexity index is 1000. The molecule has 26 heavy (non-hydrogen) atoms. The quantitative estimate of drug-likeness (QED) is 0.541. The van der Waals surface area contributed by atoms with Gasteiger partial charge in [0.2, 0.25) is 0 Å². The van der Waals surface area contributed by atoms with E-state index in [4.69, 9.17) is 4.98 Å². The summed E-state index contributed by atoms with van der Waals surface area (Å²) in [4.78, 5) is 8.87. The molecule has 3 aromatic heterocycles. The second-order valence-electron chi connectivity index (χ2n) is 6.41. The van der Waals surface area contributed by atoms with Crippen LogP contribution in [-0.2, 0) is 6.54 Å². The number of anilines is 1. The third-order valence-corrected chi connectivity index (χ3v) is 4.66. The van der Waals surface area contributed by atoms with E-state index < -0.39 is 0 Å². The molecule has 0 atom stereocenters. The van der Waals surface area contributed by atoms with Crippen molar-refractivity contribution < 1.29 is 0 Å². The van der Waals surface area contributed by atoms with Gasteiger partial charge in [-0.1, -0.05) is 30.3 Å². The van der Waals surface area contributed by atoms with Gasteiger partial charge < -0.3 is 9.88 Å². The van der Waals surface area contributed by atoms with Crippen LogP contribution >= 0.6 is 0 Å². The normalized spacial score (nSPS) is 11.2. The van der Waals surface area contributed by atoms with Gasteiger partial charge in [0.25, 0.3) is 0 Å². The van der Waals surface area contributed by atoms with Crippen LogP contribution in [0.5, 0.6) is 0 Å². The average molecular weight is 346 g/mol. The van der Waals surface area contributed by atoms with Crippen molar-refractivity contribution in [1.29, 1.82) is 0 Å². The van der Waals surface area contributed by atoms with Gasteiger partial charge >= 0.3 is 0 Å². The highest BCUT2D eigenvalue weighted by molar-refractivity contribution is 5.78. The number of nitrogens with one attached hydrogen (secondary N) is 1. The summed E-state index contributed by atoms with van der Waals surface area (Å²) in [7, 11) is 0. The molecule has 132 valence electrons. The second kappa shape index (κ2) is 7.00. The zero-order chi connectivity index (χ0) is 17.9. The summed E-state index contributed by atoms with van der Waals surface area (Å²) >= 11 is 0. The number of aryl methyl sites for hydroxylation is 2. The van der Waals surface area contributed by atoms with Crippen molar-refractivity contribution in [1.82, 2.24) is 24.1 Å². The van der Waals surface area contributed by atoms with Crippen LogP contribution in [0.25, 0.3) is 16.8 Å². The van der Waals surface area contributed by atoms with Crippen LogP contribution in [-0.4, -0.2) is 30.7 Å². The maximum Gasteiger partial charge on any atom is 0.165 e.